The Balaban J connectivity index is 2.52. The molecule has 20 heavy (non-hydrogen) atoms. The summed E-state index contributed by atoms with van der Waals surface area (Å²) in [6.45, 7) is 1.87. The fraction of sp³-hybridized carbons (Fsp3) is 0.400. The third-order valence-electron chi connectivity index (χ3n) is 3.12. The Bertz CT molecular complexity index is 519. The van der Waals surface area contributed by atoms with Gasteiger partial charge >= 0.3 is 11.9 Å². The number of benzene rings is 1. The van der Waals surface area contributed by atoms with E-state index in [1.165, 1.54) is 6.07 Å². The first-order chi connectivity index (χ1) is 9.40. The molecule has 0 aliphatic rings. The molecule has 108 valence electrons. The first-order valence-electron chi connectivity index (χ1n) is 6.46. The van der Waals surface area contributed by atoms with Crippen molar-refractivity contribution in [2.75, 3.05) is 0 Å². The molecule has 0 aliphatic carbocycles. The Kier molecular flexibility index (Phi) is 5.90. The highest BCUT2D eigenvalue weighted by atomic mass is 16.4. The molecule has 1 rings (SSSR count). The highest BCUT2D eigenvalue weighted by molar-refractivity contribution is 5.88. The summed E-state index contributed by atoms with van der Waals surface area (Å²) in [6.07, 6.45) is 1.40. The smallest absolute Gasteiger partial charge is 0.335 e. The summed E-state index contributed by atoms with van der Waals surface area (Å²) in [7, 11) is 0. The molecular formula is C15H18O5. The Morgan fingerprint density at radius 2 is 1.75 bits per heavy atom. The van der Waals surface area contributed by atoms with E-state index in [4.69, 9.17) is 10.2 Å². The number of aromatic carboxylic acids is 1. The quantitative estimate of drug-likeness (QED) is 0.762. The number of carboxylic acids is 2. The van der Waals surface area contributed by atoms with Crippen molar-refractivity contribution in [2.24, 2.45) is 0 Å². The summed E-state index contributed by atoms with van der Waals surface area (Å²) in [5.74, 6) is -1.88. The molecular weight excluding hydrogens is 260 g/mol. The van der Waals surface area contributed by atoms with Crippen LogP contribution < -0.4 is 0 Å². The summed E-state index contributed by atoms with van der Waals surface area (Å²) < 4.78 is 0. The number of aryl methyl sites for hydroxylation is 2. The van der Waals surface area contributed by atoms with Gasteiger partial charge in [-0.15, -0.1) is 0 Å². The third-order valence-corrected chi connectivity index (χ3v) is 3.12. The van der Waals surface area contributed by atoms with Gasteiger partial charge in [0.2, 0.25) is 0 Å². The Morgan fingerprint density at radius 1 is 1.05 bits per heavy atom. The maximum atomic E-state index is 11.6. The SMILES string of the molecule is Cc1ccc(C(=O)O)cc1CCC(=O)CCCC(=O)O. The van der Waals surface area contributed by atoms with Crippen LogP contribution >= 0.6 is 0 Å². The van der Waals surface area contributed by atoms with Gasteiger partial charge in [-0.2, -0.15) is 0 Å². The maximum Gasteiger partial charge on any atom is 0.335 e. The molecule has 1 aromatic carbocycles. The molecule has 0 aromatic heterocycles. The number of carboxylic acid groups (broad SMARTS) is 2. The van der Waals surface area contributed by atoms with Crippen LogP contribution in [0.5, 0.6) is 0 Å². The first-order valence-corrected chi connectivity index (χ1v) is 6.46. The molecule has 0 bridgehead atoms. The number of ketones is 1. The molecule has 0 radical (unpaired) electrons. The summed E-state index contributed by atoms with van der Waals surface area (Å²) in [5.41, 5.74) is 2.01. The van der Waals surface area contributed by atoms with Crippen molar-refractivity contribution in [3.8, 4) is 0 Å². The Labute approximate surface area is 117 Å². The fourth-order valence-electron chi connectivity index (χ4n) is 1.91. The van der Waals surface area contributed by atoms with Crippen molar-refractivity contribution in [1.29, 1.82) is 0 Å². The summed E-state index contributed by atoms with van der Waals surface area (Å²) >= 11 is 0. The van der Waals surface area contributed by atoms with Gasteiger partial charge in [0.05, 0.1) is 5.56 Å². The van der Waals surface area contributed by atoms with Crippen LogP contribution in [0.1, 0.15) is 47.2 Å². The Hall–Kier alpha value is -2.17. The van der Waals surface area contributed by atoms with Crippen LogP contribution in [-0.4, -0.2) is 27.9 Å². The van der Waals surface area contributed by atoms with E-state index in [-0.39, 0.29) is 24.2 Å². The van der Waals surface area contributed by atoms with Crippen LogP contribution in [0.4, 0.5) is 0 Å². The van der Waals surface area contributed by atoms with Crippen molar-refractivity contribution >= 4 is 17.7 Å². The minimum absolute atomic E-state index is 0.000727. The minimum Gasteiger partial charge on any atom is -0.481 e. The van der Waals surface area contributed by atoms with E-state index in [2.05, 4.69) is 0 Å². The Morgan fingerprint density at radius 3 is 2.35 bits per heavy atom. The number of rotatable bonds is 8. The van der Waals surface area contributed by atoms with Crippen LogP contribution in [0.3, 0.4) is 0 Å². The predicted molar refractivity (Wildman–Crippen MR) is 73.0 cm³/mol. The van der Waals surface area contributed by atoms with E-state index in [0.717, 1.165) is 11.1 Å². The van der Waals surface area contributed by atoms with Gasteiger partial charge in [-0.3, -0.25) is 9.59 Å². The predicted octanol–water partition coefficient (Wildman–Crippen LogP) is 2.45. The average Bonchev–Trinajstić information content (AvgIpc) is 2.37. The fourth-order valence-corrected chi connectivity index (χ4v) is 1.91. The zero-order chi connectivity index (χ0) is 15.1. The second-order valence-electron chi connectivity index (χ2n) is 4.73. The van der Waals surface area contributed by atoms with Gasteiger partial charge in [0.1, 0.15) is 5.78 Å². The van der Waals surface area contributed by atoms with Crippen LogP contribution in [-0.2, 0) is 16.0 Å². The number of hydrogen-bond donors (Lipinski definition) is 2. The zero-order valence-corrected chi connectivity index (χ0v) is 11.4. The number of aliphatic carboxylic acids is 1. The highest BCUT2D eigenvalue weighted by Gasteiger charge is 2.09. The van der Waals surface area contributed by atoms with Crippen molar-refractivity contribution < 1.29 is 24.6 Å². The molecule has 0 saturated heterocycles. The minimum atomic E-state index is -0.987. The molecule has 0 unspecified atom stereocenters. The second-order valence-corrected chi connectivity index (χ2v) is 4.73. The average molecular weight is 278 g/mol. The van der Waals surface area contributed by atoms with Crippen molar-refractivity contribution in [3.63, 3.8) is 0 Å². The van der Waals surface area contributed by atoms with Gasteiger partial charge in [0, 0.05) is 19.3 Å². The summed E-state index contributed by atoms with van der Waals surface area (Å²) in [4.78, 5) is 32.8. The second kappa shape index (κ2) is 7.43. The number of carbonyl (C=O) groups excluding carboxylic acids is 1. The third kappa shape index (κ3) is 5.22. The van der Waals surface area contributed by atoms with E-state index in [9.17, 15) is 14.4 Å². The largest absolute Gasteiger partial charge is 0.481 e. The van der Waals surface area contributed by atoms with Crippen LogP contribution in [0.2, 0.25) is 0 Å². The lowest BCUT2D eigenvalue weighted by Gasteiger charge is -2.06. The number of hydrogen-bond acceptors (Lipinski definition) is 3. The van der Waals surface area contributed by atoms with E-state index in [0.29, 0.717) is 19.3 Å². The molecule has 0 saturated carbocycles. The van der Waals surface area contributed by atoms with E-state index in [1.54, 1.807) is 12.1 Å². The van der Waals surface area contributed by atoms with Gasteiger partial charge in [-0.05, 0) is 43.0 Å². The molecule has 1 aromatic rings. The van der Waals surface area contributed by atoms with E-state index < -0.39 is 11.9 Å². The number of carbonyl (C=O) groups is 3. The standard InChI is InChI=1S/C15H18O5/c1-10-5-6-12(15(19)20)9-11(10)7-8-13(16)3-2-4-14(17)18/h5-6,9H,2-4,7-8H2,1H3,(H,17,18)(H,19,20). The van der Waals surface area contributed by atoms with Gasteiger partial charge in [0.15, 0.2) is 0 Å². The zero-order valence-electron chi connectivity index (χ0n) is 11.4. The van der Waals surface area contributed by atoms with E-state index in [1.807, 2.05) is 6.92 Å². The highest BCUT2D eigenvalue weighted by Crippen LogP contribution is 2.14. The lowest BCUT2D eigenvalue weighted by Crippen LogP contribution is -2.04. The topological polar surface area (TPSA) is 91.7 Å². The molecule has 0 fully saturated rings. The van der Waals surface area contributed by atoms with Crippen molar-refractivity contribution in [3.05, 3.63) is 34.9 Å². The van der Waals surface area contributed by atoms with Crippen LogP contribution in [0, 0.1) is 6.92 Å². The molecule has 0 atom stereocenters. The van der Waals surface area contributed by atoms with Gasteiger partial charge in [0.25, 0.3) is 0 Å². The molecule has 0 aliphatic heterocycles. The summed E-state index contributed by atoms with van der Waals surface area (Å²) in [5, 5.41) is 17.4. The molecule has 5 heteroatoms. The normalized spacial score (nSPS) is 10.2. The lowest BCUT2D eigenvalue weighted by molar-refractivity contribution is -0.137. The monoisotopic (exact) mass is 278 g/mol. The van der Waals surface area contributed by atoms with Gasteiger partial charge in [-0.25, -0.2) is 4.79 Å². The molecule has 2 N–H and O–H groups in total. The lowest BCUT2D eigenvalue weighted by atomic mass is 9.98. The van der Waals surface area contributed by atoms with Gasteiger partial charge in [-0.1, -0.05) is 6.07 Å². The molecule has 0 heterocycles. The van der Waals surface area contributed by atoms with Crippen LogP contribution in [0.15, 0.2) is 18.2 Å². The van der Waals surface area contributed by atoms with Crippen LogP contribution in [0.25, 0.3) is 0 Å². The van der Waals surface area contributed by atoms with Crippen molar-refractivity contribution in [2.45, 2.75) is 39.0 Å². The number of Topliss-reactive ketones (excluding diaryl/α,β-unsaturated/α-hetero) is 1. The van der Waals surface area contributed by atoms with Crippen molar-refractivity contribution in [1.82, 2.24) is 0 Å². The first kappa shape index (κ1) is 15.9. The van der Waals surface area contributed by atoms with Gasteiger partial charge < -0.3 is 10.2 Å². The van der Waals surface area contributed by atoms with E-state index >= 15 is 0 Å². The molecule has 0 spiro atoms. The molecule has 5 nitrogen and oxygen atoms in total. The molecule has 0 amide bonds. The summed E-state index contributed by atoms with van der Waals surface area (Å²) in [6, 6.07) is 4.85. The maximum absolute atomic E-state index is 11.6.